The number of unbranched alkanes of at least 4 members (excludes halogenated alkanes) is 3. The van der Waals surface area contributed by atoms with Crippen LogP contribution < -0.4 is 4.74 Å². The minimum atomic E-state index is -0.565. The summed E-state index contributed by atoms with van der Waals surface area (Å²) in [5, 5.41) is 10.7. The predicted molar refractivity (Wildman–Crippen MR) is 115 cm³/mol. The lowest BCUT2D eigenvalue weighted by molar-refractivity contribution is -0.143. The van der Waals surface area contributed by atoms with Gasteiger partial charge in [-0.1, -0.05) is 43.4 Å². The van der Waals surface area contributed by atoms with Crippen molar-refractivity contribution in [3.05, 3.63) is 29.3 Å². The summed E-state index contributed by atoms with van der Waals surface area (Å²) in [4.78, 5) is 23.2. The predicted octanol–water partition coefficient (Wildman–Crippen LogP) is 5.36. The Morgan fingerprint density at radius 2 is 1.79 bits per heavy atom. The third-order valence-corrected chi connectivity index (χ3v) is 5.13. The molecule has 1 aromatic rings. The number of esters is 1. The summed E-state index contributed by atoms with van der Waals surface area (Å²) < 4.78 is 10.5. The van der Waals surface area contributed by atoms with Crippen LogP contribution in [0, 0.1) is 5.92 Å². The molecule has 6 heteroatoms. The number of hydrogen-bond acceptors (Lipinski definition) is 5. The molecule has 0 amide bonds. The average molecular weight is 427 g/mol. The van der Waals surface area contributed by atoms with Crippen molar-refractivity contribution in [1.29, 1.82) is 0 Å². The van der Waals surface area contributed by atoms with Gasteiger partial charge in [0.2, 0.25) is 0 Å². The number of halogens is 1. The first-order chi connectivity index (χ1) is 13.9. The second-order valence-electron chi connectivity index (χ2n) is 7.42. The lowest BCUT2D eigenvalue weighted by atomic mass is 9.91. The van der Waals surface area contributed by atoms with Crippen LogP contribution in [0.25, 0.3) is 0 Å². The van der Waals surface area contributed by atoms with Crippen LogP contribution in [0.3, 0.4) is 0 Å². The van der Waals surface area contributed by atoms with Crippen LogP contribution in [-0.4, -0.2) is 36.2 Å². The zero-order valence-corrected chi connectivity index (χ0v) is 18.5. The van der Waals surface area contributed by atoms with Gasteiger partial charge in [-0.3, -0.25) is 9.59 Å². The maximum atomic E-state index is 11.9. The van der Waals surface area contributed by atoms with E-state index in [9.17, 15) is 14.7 Å². The molecule has 0 bridgehead atoms. The first-order valence-electron chi connectivity index (χ1n) is 10.6. The molecule has 0 fully saturated rings. The normalized spacial score (nSPS) is 13.0. The van der Waals surface area contributed by atoms with E-state index in [1.807, 2.05) is 6.92 Å². The van der Waals surface area contributed by atoms with E-state index in [1.54, 1.807) is 31.2 Å². The number of carbonyl (C=O) groups is 2. The van der Waals surface area contributed by atoms with E-state index in [0.717, 1.165) is 44.9 Å². The van der Waals surface area contributed by atoms with Crippen LogP contribution in [0.15, 0.2) is 24.3 Å². The van der Waals surface area contributed by atoms with Crippen LogP contribution in [-0.2, 0) is 14.3 Å². The Morgan fingerprint density at radius 1 is 1.07 bits per heavy atom. The van der Waals surface area contributed by atoms with Gasteiger partial charge in [0.15, 0.2) is 0 Å². The number of rotatable bonds is 16. The summed E-state index contributed by atoms with van der Waals surface area (Å²) in [6.07, 6.45) is 6.74. The van der Waals surface area contributed by atoms with Gasteiger partial charge in [-0.25, -0.2) is 0 Å². The summed E-state index contributed by atoms with van der Waals surface area (Å²) >= 11 is 5.91. The number of hydrogen-bond donors (Lipinski definition) is 1. The van der Waals surface area contributed by atoms with Gasteiger partial charge >= 0.3 is 5.97 Å². The topological polar surface area (TPSA) is 72.8 Å². The van der Waals surface area contributed by atoms with Crippen molar-refractivity contribution >= 4 is 23.4 Å². The van der Waals surface area contributed by atoms with Gasteiger partial charge in [0.1, 0.15) is 18.1 Å². The fourth-order valence-electron chi connectivity index (χ4n) is 3.23. The Labute approximate surface area is 179 Å². The van der Waals surface area contributed by atoms with Gasteiger partial charge in [0.05, 0.1) is 12.7 Å². The Hall–Kier alpha value is -1.59. The average Bonchev–Trinajstić information content (AvgIpc) is 2.67. The van der Waals surface area contributed by atoms with E-state index in [4.69, 9.17) is 21.1 Å². The zero-order valence-electron chi connectivity index (χ0n) is 17.7. The standard InChI is InChI=1S/C23H35ClO5/c1-3-28-23(27)15-7-5-4-6-10-19(18(2)25)11-8-13-21(26)17-29-22-14-9-12-20(24)16-22/h9,12,14,16,19,21,26H,3-8,10-11,13,15,17H2,1-2H3. The molecule has 0 aliphatic rings. The van der Waals surface area contributed by atoms with Gasteiger partial charge in [-0.15, -0.1) is 0 Å². The van der Waals surface area contributed by atoms with Crippen molar-refractivity contribution in [2.45, 2.75) is 77.7 Å². The van der Waals surface area contributed by atoms with E-state index in [-0.39, 0.29) is 24.3 Å². The van der Waals surface area contributed by atoms with Crippen LogP contribution in [0.5, 0.6) is 5.75 Å². The maximum Gasteiger partial charge on any atom is 0.305 e. The Morgan fingerprint density at radius 3 is 2.48 bits per heavy atom. The number of ether oxygens (including phenoxy) is 2. The first-order valence-corrected chi connectivity index (χ1v) is 11.0. The van der Waals surface area contributed by atoms with Crippen LogP contribution in [0.2, 0.25) is 5.02 Å². The Bertz CT molecular complexity index is 605. The van der Waals surface area contributed by atoms with E-state index in [2.05, 4.69) is 0 Å². The molecule has 0 saturated heterocycles. The molecule has 0 radical (unpaired) electrons. The number of ketones is 1. The minimum absolute atomic E-state index is 0.0427. The van der Waals surface area contributed by atoms with Crippen LogP contribution in [0.4, 0.5) is 0 Å². The third-order valence-electron chi connectivity index (χ3n) is 4.89. The van der Waals surface area contributed by atoms with E-state index in [1.165, 1.54) is 0 Å². The lowest BCUT2D eigenvalue weighted by Crippen LogP contribution is -2.18. The summed E-state index contributed by atoms with van der Waals surface area (Å²) in [5.41, 5.74) is 0. The molecule has 1 aromatic carbocycles. The molecule has 2 unspecified atom stereocenters. The maximum absolute atomic E-state index is 11.9. The monoisotopic (exact) mass is 426 g/mol. The van der Waals surface area contributed by atoms with Crippen molar-refractivity contribution in [1.82, 2.24) is 0 Å². The first kappa shape index (κ1) is 25.4. The second-order valence-corrected chi connectivity index (χ2v) is 7.86. The zero-order chi connectivity index (χ0) is 21.5. The van der Waals surface area contributed by atoms with Crippen LogP contribution >= 0.6 is 11.6 Å². The fourth-order valence-corrected chi connectivity index (χ4v) is 3.41. The molecule has 164 valence electrons. The molecule has 0 spiro atoms. The van der Waals surface area contributed by atoms with E-state index < -0.39 is 6.10 Å². The number of aliphatic hydroxyl groups is 1. The molecule has 1 N–H and O–H groups in total. The van der Waals surface area contributed by atoms with Crippen molar-refractivity contribution in [2.75, 3.05) is 13.2 Å². The van der Waals surface area contributed by atoms with Gasteiger partial charge in [0.25, 0.3) is 0 Å². The number of Topliss-reactive ketones (excluding diaryl/α,β-unsaturated/α-hetero) is 1. The van der Waals surface area contributed by atoms with E-state index in [0.29, 0.717) is 30.2 Å². The molecular formula is C23H35ClO5. The van der Waals surface area contributed by atoms with E-state index >= 15 is 0 Å². The Kier molecular flexibility index (Phi) is 13.4. The van der Waals surface area contributed by atoms with Gasteiger partial charge < -0.3 is 14.6 Å². The molecule has 0 aromatic heterocycles. The summed E-state index contributed by atoms with van der Waals surface area (Å²) in [7, 11) is 0. The molecule has 0 aliphatic carbocycles. The summed E-state index contributed by atoms with van der Waals surface area (Å²) in [6.45, 7) is 4.10. The fraction of sp³-hybridized carbons (Fsp3) is 0.652. The largest absolute Gasteiger partial charge is 0.491 e. The van der Waals surface area contributed by atoms with Gasteiger partial charge in [-0.2, -0.15) is 0 Å². The van der Waals surface area contributed by atoms with Gasteiger partial charge in [0, 0.05) is 17.4 Å². The SMILES string of the molecule is CCOC(=O)CCCCCCC(CCCC(O)COc1cccc(Cl)c1)C(C)=O. The highest BCUT2D eigenvalue weighted by Gasteiger charge is 2.15. The molecule has 2 atom stereocenters. The number of benzene rings is 1. The molecule has 1 rings (SSSR count). The Balaban J connectivity index is 2.15. The highest BCUT2D eigenvalue weighted by molar-refractivity contribution is 6.30. The number of carbonyl (C=O) groups excluding carboxylic acids is 2. The van der Waals surface area contributed by atoms with Crippen molar-refractivity contribution < 1.29 is 24.2 Å². The minimum Gasteiger partial charge on any atom is -0.491 e. The highest BCUT2D eigenvalue weighted by atomic mass is 35.5. The molecular weight excluding hydrogens is 392 g/mol. The molecule has 0 saturated carbocycles. The molecule has 0 heterocycles. The van der Waals surface area contributed by atoms with Crippen molar-refractivity contribution in [3.63, 3.8) is 0 Å². The quantitative estimate of drug-likeness (QED) is 0.284. The number of aliphatic hydroxyl groups excluding tert-OH is 1. The lowest BCUT2D eigenvalue weighted by Gasteiger charge is -2.16. The van der Waals surface area contributed by atoms with Crippen molar-refractivity contribution in [2.24, 2.45) is 5.92 Å². The second kappa shape index (κ2) is 15.3. The summed E-state index contributed by atoms with van der Waals surface area (Å²) in [6, 6.07) is 7.09. The van der Waals surface area contributed by atoms with Crippen molar-refractivity contribution in [3.8, 4) is 5.75 Å². The highest BCUT2D eigenvalue weighted by Crippen LogP contribution is 2.20. The molecule has 5 nitrogen and oxygen atoms in total. The van der Waals surface area contributed by atoms with Crippen LogP contribution in [0.1, 0.15) is 71.6 Å². The van der Waals surface area contributed by atoms with Gasteiger partial charge in [-0.05, 0) is 57.7 Å². The third kappa shape index (κ3) is 12.6. The molecule has 29 heavy (non-hydrogen) atoms. The summed E-state index contributed by atoms with van der Waals surface area (Å²) in [5.74, 6) is 0.760. The molecule has 0 aliphatic heterocycles. The smallest absolute Gasteiger partial charge is 0.305 e.